The minimum absolute atomic E-state index is 0.00125. The van der Waals surface area contributed by atoms with Crippen LogP contribution in [0.15, 0.2) is 82.4 Å². The highest BCUT2D eigenvalue weighted by Crippen LogP contribution is 2.31. The second-order valence-corrected chi connectivity index (χ2v) is 9.67. The van der Waals surface area contributed by atoms with Gasteiger partial charge in [0, 0.05) is 12.6 Å². The molecule has 28 heavy (non-hydrogen) atoms. The van der Waals surface area contributed by atoms with Crippen LogP contribution in [0.5, 0.6) is 0 Å². The van der Waals surface area contributed by atoms with Crippen molar-refractivity contribution in [2.75, 3.05) is 6.54 Å². The Morgan fingerprint density at radius 2 is 1.75 bits per heavy atom. The average Bonchev–Trinajstić information content (AvgIpc) is 3.24. The first-order valence-electron chi connectivity index (χ1n) is 8.82. The second kappa shape index (κ2) is 8.99. The van der Waals surface area contributed by atoms with Crippen molar-refractivity contribution in [2.24, 2.45) is 0 Å². The predicted octanol–water partition coefficient (Wildman–Crippen LogP) is 4.40. The van der Waals surface area contributed by atoms with Gasteiger partial charge >= 0.3 is 0 Å². The number of carbonyl (C=O) groups excluding carboxylic acids is 1. The zero-order valence-corrected chi connectivity index (χ0v) is 17.0. The zero-order valence-electron chi connectivity index (χ0n) is 15.4. The maximum absolute atomic E-state index is 13.1. The Balaban J connectivity index is 1.79. The van der Waals surface area contributed by atoms with E-state index in [0.29, 0.717) is 9.77 Å². The highest BCUT2D eigenvalue weighted by molar-refractivity contribution is 7.93. The van der Waals surface area contributed by atoms with E-state index in [2.05, 4.69) is 5.32 Å². The molecule has 1 N–H and O–H groups in total. The van der Waals surface area contributed by atoms with E-state index in [-0.39, 0.29) is 12.5 Å². The molecule has 0 radical (unpaired) electrons. The van der Waals surface area contributed by atoms with Gasteiger partial charge in [0.15, 0.2) is 9.84 Å². The number of aryl methyl sites for hydroxylation is 1. The summed E-state index contributed by atoms with van der Waals surface area (Å²) in [5.74, 6) is -0.331. The molecule has 0 saturated heterocycles. The van der Waals surface area contributed by atoms with Crippen molar-refractivity contribution in [3.05, 3.63) is 94.9 Å². The SMILES string of the molecule is Cc1ccc([C@H](CNC(=O)/C=C/c2ccccc2)S(=O)(=O)c2cccs2)cc1. The summed E-state index contributed by atoms with van der Waals surface area (Å²) >= 11 is 1.18. The summed E-state index contributed by atoms with van der Waals surface area (Å²) in [4.78, 5) is 12.2. The first-order chi connectivity index (χ1) is 13.5. The summed E-state index contributed by atoms with van der Waals surface area (Å²) in [6, 6.07) is 20.1. The molecule has 6 heteroatoms. The first-order valence-corrected chi connectivity index (χ1v) is 11.2. The minimum Gasteiger partial charge on any atom is -0.351 e. The monoisotopic (exact) mass is 411 g/mol. The number of carbonyl (C=O) groups is 1. The largest absolute Gasteiger partial charge is 0.351 e. The van der Waals surface area contributed by atoms with Gasteiger partial charge < -0.3 is 5.32 Å². The van der Waals surface area contributed by atoms with Crippen molar-refractivity contribution in [3.8, 4) is 0 Å². The third-order valence-electron chi connectivity index (χ3n) is 4.29. The van der Waals surface area contributed by atoms with Gasteiger partial charge in [-0.05, 0) is 35.6 Å². The molecule has 1 aromatic heterocycles. The van der Waals surface area contributed by atoms with Crippen LogP contribution in [-0.2, 0) is 14.6 Å². The summed E-state index contributed by atoms with van der Waals surface area (Å²) in [6.07, 6.45) is 3.11. The fourth-order valence-electron chi connectivity index (χ4n) is 2.74. The Bertz CT molecular complexity index is 1040. The Morgan fingerprint density at radius 1 is 1.04 bits per heavy atom. The summed E-state index contributed by atoms with van der Waals surface area (Å²) in [6.45, 7) is 1.95. The summed E-state index contributed by atoms with van der Waals surface area (Å²) in [5, 5.41) is 3.62. The van der Waals surface area contributed by atoms with Crippen molar-refractivity contribution < 1.29 is 13.2 Å². The van der Waals surface area contributed by atoms with Crippen molar-refractivity contribution in [2.45, 2.75) is 16.4 Å². The lowest BCUT2D eigenvalue weighted by Crippen LogP contribution is -2.30. The third kappa shape index (κ3) is 4.97. The number of thiophene rings is 1. The molecule has 3 rings (SSSR count). The Morgan fingerprint density at radius 3 is 2.39 bits per heavy atom. The Kier molecular flexibility index (Phi) is 6.44. The van der Waals surface area contributed by atoms with E-state index >= 15 is 0 Å². The van der Waals surface area contributed by atoms with Crippen LogP contribution in [-0.4, -0.2) is 20.9 Å². The lowest BCUT2D eigenvalue weighted by molar-refractivity contribution is -0.116. The summed E-state index contributed by atoms with van der Waals surface area (Å²) < 4.78 is 26.5. The van der Waals surface area contributed by atoms with Crippen molar-refractivity contribution in [3.63, 3.8) is 0 Å². The molecule has 3 aromatic rings. The van der Waals surface area contributed by atoms with Gasteiger partial charge in [-0.25, -0.2) is 8.42 Å². The van der Waals surface area contributed by atoms with Gasteiger partial charge in [0.1, 0.15) is 9.46 Å². The summed E-state index contributed by atoms with van der Waals surface area (Å²) in [7, 11) is -3.61. The molecule has 0 fully saturated rings. The second-order valence-electron chi connectivity index (χ2n) is 6.37. The number of hydrogen-bond acceptors (Lipinski definition) is 4. The number of rotatable bonds is 7. The molecule has 1 atom stereocenters. The molecule has 0 aliphatic rings. The van der Waals surface area contributed by atoms with Crippen molar-refractivity contribution in [1.29, 1.82) is 0 Å². The summed E-state index contributed by atoms with van der Waals surface area (Å²) in [5.41, 5.74) is 2.61. The van der Waals surface area contributed by atoms with Crippen molar-refractivity contribution in [1.82, 2.24) is 5.32 Å². The molecule has 0 unspecified atom stereocenters. The van der Waals surface area contributed by atoms with Gasteiger partial charge in [0.25, 0.3) is 0 Å². The van der Waals surface area contributed by atoms with Crippen LogP contribution in [0.4, 0.5) is 0 Å². The standard InChI is InChI=1S/C22H21NO3S2/c1-17-9-12-19(13-10-17)20(28(25,26)22-8-5-15-27-22)16-23-21(24)14-11-18-6-3-2-4-7-18/h2-15,20H,16H2,1H3,(H,23,24)/b14-11+/t20-/m0/s1. The van der Waals surface area contributed by atoms with E-state index in [1.165, 1.54) is 17.4 Å². The fourth-order valence-corrected chi connectivity index (χ4v) is 5.61. The fraction of sp³-hybridized carbons (Fsp3) is 0.136. The molecule has 4 nitrogen and oxygen atoms in total. The number of hydrogen-bond donors (Lipinski definition) is 1. The molecular formula is C22H21NO3S2. The third-order valence-corrected chi connectivity index (χ3v) is 7.82. The predicted molar refractivity (Wildman–Crippen MR) is 114 cm³/mol. The maximum atomic E-state index is 13.1. The van der Waals surface area contributed by atoms with E-state index in [0.717, 1.165) is 11.1 Å². The number of benzene rings is 2. The van der Waals surface area contributed by atoms with Gasteiger partial charge in [0.2, 0.25) is 5.91 Å². The lowest BCUT2D eigenvalue weighted by Gasteiger charge is -2.18. The molecule has 1 heterocycles. The first kappa shape index (κ1) is 20.0. The number of amides is 1. The van der Waals surface area contributed by atoms with E-state index in [1.807, 2.05) is 49.4 Å². The smallest absolute Gasteiger partial charge is 0.244 e. The Labute approximate surface area is 169 Å². The van der Waals surface area contributed by atoms with Gasteiger partial charge in [-0.2, -0.15) is 0 Å². The highest BCUT2D eigenvalue weighted by atomic mass is 32.2. The maximum Gasteiger partial charge on any atom is 0.244 e. The van der Waals surface area contributed by atoms with Crippen LogP contribution in [0.2, 0.25) is 0 Å². The van der Waals surface area contributed by atoms with Crippen LogP contribution in [0.1, 0.15) is 21.9 Å². The lowest BCUT2D eigenvalue weighted by atomic mass is 10.1. The normalized spacial score (nSPS) is 12.8. The molecule has 0 spiro atoms. The van der Waals surface area contributed by atoms with Gasteiger partial charge in [-0.1, -0.05) is 66.2 Å². The Hall–Kier alpha value is -2.70. The molecule has 2 aromatic carbocycles. The van der Waals surface area contributed by atoms with E-state index < -0.39 is 15.1 Å². The molecule has 0 bridgehead atoms. The molecule has 1 amide bonds. The van der Waals surface area contributed by atoms with Crippen LogP contribution in [0.25, 0.3) is 6.08 Å². The van der Waals surface area contributed by atoms with Crippen LogP contribution >= 0.6 is 11.3 Å². The van der Waals surface area contributed by atoms with Gasteiger partial charge in [0.05, 0.1) is 0 Å². The molecular weight excluding hydrogens is 390 g/mol. The number of sulfone groups is 1. The molecule has 144 valence electrons. The van der Waals surface area contributed by atoms with Crippen LogP contribution < -0.4 is 5.32 Å². The average molecular weight is 412 g/mol. The molecule has 0 aliphatic heterocycles. The minimum atomic E-state index is -3.61. The zero-order chi connectivity index (χ0) is 20.0. The van der Waals surface area contributed by atoms with Crippen LogP contribution in [0.3, 0.4) is 0 Å². The quantitative estimate of drug-likeness (QED) is 0.586. The van der Waals surface area contributed by atoms with E-state index in [4.69, 9.17) is 0 Å². The van der Waals surface area contributed by atoms with Gasteiger partial charge in [-0.15, -0.1) is 11.3 Å². The van der Waals surface area contributed by atoms with Gasteiger partial charge in [-0.3, -0.25) is 4.79 Å². The molecule has 0 saturated carbocycles. The van der Waals surface area contributed by atoms with Crippen molar-refractivity contribution >= 4 is 33.2 Å². The van der Waals surface area contributed by atoms with E-state index in [1.54, 1.807) is 35.7 Å². The van der Waals surface area contributed by atoms with Crippen LogP contribution in [0, 0.1) is 6.92 Å². The van der Waals surface area contributed by atoms with E-state index in [9.17, 15) is 13.2 Å². The topological polar surface area (TPSA) is 63.2 Å². The number of nitrogens with one attached hydrogen (secondary N) is 1. The highest BCUT2D eigenvalue weighted by Gasteiger charge is 2.30. The molecule has 0 aliphatic carbocycles.